The van der Waals surface area contributed by atoms with E-state index in [4.69, 9.17) is 0 Å². The Balaban J connectivity index is 2.23. The van der Waals surface area contributed by atoms with Gasteiger partial charge in [-0.3, -0.25) is 4.68 Å². The third-order valence-electron chi connectivity index (χ3n) is 4.83. The smallest absolute Gasteiger partial charge is 0.100 e. The van der Waals surface area contributed by atoms with Crippen LogP contribution < -0.4 is 0 Å². The molecule has 0 amide bonds. The summed E-state index contributed by atoms with van der Waals surface area (Å²) in [5, 5.41) is 15.2. The Labute approximate surface area is 116 Å². The van der Waals surface area contributed by atoms with Crippen molar-refractivity contribution in [2.45, 2.75) is 57.7 Å². The van der Waals surface area contributed by atoms with E-state index in [1.54, 1.807) is 0 Å². The maximum Gasteiger partial charge on any atom is 0.100 e. The zero-order chi connectivity index (χ0) is 14.0. The summed E-state index contributed by atoms with van der Waals surface area (Å²) in [5.41, 5.74) is 0.818. The number of rotatable bonds is 4. The van der Waals surface area contributed by atoms with Crippen molar-refractivity contribution in [1.29, 1.82) is 0 Å². The highest BCUT2D eigenvalue weighted by atomic mass is 16.3. The van der Waals surface area contributed by atoms with Crippen LogP contribution in [0.1, 0.15) is 51.2 Å². The fourth-order valence-electron chi connectivity index (χ4n) is 3.23. The first kappa shape index (κ1) is 14.5. The lowest BCUT2D eigenvalue weighted by atomic mass is 9.72. The Hall–Kier alpha value is -0.870. The summed E-state index contributed by atoms with van der Waals surface area (Å²) >= 11 is 0. The second kappa shape index (κ2) is 5.63. The molecule has 108 valence electrons. The van der Waals surface area contributed by atoms with Crippen LogP contribution in [-0.2, 0) is 6.54 Å². The molecule has 1 aromatic heterocycles. The van der Waals surface area contributed by atoms with Crippen LogP contribution in [-0.4, -0.2) is 39.4 Å². The molecule has 1 aliphatic carbocycles. The van der Waals surface area contributed by atoms with Gasteiger partial charge in [-0.1, -0.05) is 6.92 Å². The number of nitrogens with zero attached hydrogens (tertiary/aromatic N) is 3. The van der Waals surface area contributed by atoms with E-state index in [2.05, 4.69) is 37.9 Å². The van der Waals surface area contributed by atoms with Crippen molar-refractivity contribution < 1.29 is 5.11 Å². The molecule has 0 radical (unpaired) electrons. The zero-order valence-electron chi connectivity index (χ0n) is 12.6. The molecule has 0 spiro atoms. The molecule has 0 saturated heterocycles. The molecule has 1 unspecified atom stereocenters. The largest absolute Gasteiger partial charge is 0.386 e. The molecule has 4 heteroatoms. The normalized spacial score (nSPS) is 29.7. The van der Waals surface area contributed by atoms with E-state index in [-0.39, 0.29) is 5.54 Å². The summed E-state index contributed by atoms with van der Waals surface area (Å²) in [7, 11) is 4.17. The zero-order valence-corrected chi connectivity index (χ0v) is 12.6. The second-order valence-corrected chi connectivity index (χ2v) is 6.21. The number of aliphatic hydroxyl groups excluding tert-OH is 1. The summed E-state index contributed by atoms with van der Waals surface area (Å²) in [5.74, 6) is 0.777. The molecule has 2 rings (SSSR count). The van der Waals surface area contributed by atoms with Gasteiger partial charge in [0.15, 0.2) is 0 Å². The van der Waals surface area contributed by atoms with Crippen molar-refractivity contribution in [3.8, 4) is 0 Å². The van der Waals surface area contributed by atoms with Crippen molar-refractivity contribution in [2.75, 3.05) is 14.1 Å². The van der Waals surface area contributed by atoms with Crippen LogP contribution in [0.4, 0.5) is 0 Å². The Morgan fingerprint density at radius 2 is 2.11 bits per heavy atom. The van der Waals surface area contributed by atoms with Crippen LogP contribution >= 0.6 is 0 Å². The summed E-state index contributed by atoms with van der Waals surface area (Å²) in [6.45, 7) is 5.22. The monoisotopic (exact) mass is 265 g/mol. The SMILES string of the molecule is CCn1cc(C(O)C2(N(C)C)CCC(C)CC2)cn1. The molecule has 1 atom stereocenters. The van der Waals surface area contributed by atoms with Gasteiger partial charge < -0.3 is 10.0 Å². The predicted octanol–water partition coefficient (Wildman–Crippen LogP) is 2.45. The average molecular weight is 265 g/mol. The highest BCUT2D eigenvalue weighted by Crippen LogP contribution is 2.43. The quantitative estimate of drug-likeness (QED) is 0.909. The number of hydrogen-bond acceptors (Lipinski definition) is 3. The van der Waals surface area contributed by atoms with E-state index in [0.717, 1.165) is 30.9 Å². The molecule has 0 bridgehead atoms. The van der Waals surface area contributed by atoms with Gasteiger partial charge in [0, 0.05) is 18.3 Å². The van der Waals surface area contributed by atoms with Gasteiger partial charge in [0.2, 0.25) is 0 Å². The minimum atomic E-state index is -0.449. The average Bonchev–Trinajstić information content (AvgIpc) is 2.87. The molecule has 1 aromatic rings. The molecule has 1 N–H and O–H groups in total. The minimum absolute atomic E-state index is 0.131. The van der Waals surface area contributed by atoms with Crippen LogP contribution in [0, 0.1) is 5.92 Å². The van der Waals surface area contributed by atoms with Crippen molar-refractivity contribution in [3.05, 3.63) is 18.0 Å². The van der Waals surface area contributed by atoms with E-state index in [1.807, 2.05) is 17.1 Å². The van der Waals surface area contributed by atoms with Gasteiger partial charge in [-0.15, -0.1) is 0 Å². The number of aliphatic hydroxyl groups is 1. The molecule has 1 saturated carbocycles. The lowest BCUT2D eigenvalue weighted by Gasteiger charge is -2.47. The van der Waals surface area contributed by atoms with Crippen LogP contribution in [0.5, 0.6) is 0 Å². The number of aromatic nitrogens is 2. The number of hydrogen-bond donors (Lipinski definition) is 1. The van der Waals surface area contributed by atoms with Crippen LogP contribution in [0.15, 0.2) is 12.4 Å². The van der Waals surface area contributed by atoms with Gasteiger partial charge in [0.05, 0.1) is 11.7 Å². The maximum absolute atomic E-state index is 10.9. The fraction of sp³-hybridized carbons (Fsp3) is 0.800. The predicted molar refractivity (Wildman–Crippen MR) is 76.9 cm³/mol. The molecular formula is C15H27N3O. The highest BCUT2D eigenvalue weighted by Gasteiger charge is 2.43. The van der Waals surface area contributed by atoms with Crippen molar-refractivity contribution in [3.63, 3.8) is 0 Å². The van der Waals surface area contributed by atoms with Gasteiger partial charge >= 0.3 is 0 Å². The third-order valence-corrected chi connectivity index (χ3v) is 4.83. The van der Waals surface area contributed by atoms with E-state index in [1.165, 1.54) is 12.8 Å². The Bertz CT molecular complexity index is 405. The minimum Gasteiger partial charge on any atom is -0.386 e. The lowest BCUT2D eigenvalue weighted by Crippen LogP contribution is -2.51. The van der Waals surface area contributed by atoms with Crippen LogP contribution in [0.2, 0.25) is 0 Å². The third kappa shape index (κ3) is 2.70. The summed E-state index contributed by atoms with van der Waals surface area (Å²) in [6.07, 6.45) is 7.84. The molecule has 0 aliphatic heterocycles. The molecule has 1 fully saturated rings. The molecular weight excluding hydrogens is 238 g/mol. The topological polar surface area (TPSA) is 41.3 Å². The lowest BCUT2D eigenvalue weighted by molar-refractivity contribution is -0.0408. The standard InChI is InChI=1S/C15H27N3O/c1-5-18-11-13(10-16-18)14(19)15(17(3)4)8-6-12(2)7-9-15/h10-12,14,19H,5-9H2,1-4H3. The van der Waals surface area contributed by atoms with E-state index in [9.17, 15) is 5.11 Å². The van der Waals surface area contributed by atoms with Crippen LogP contribution in [0.3, 0.4) is 0 Å². The van der Waals surface area contributed by atoms with Crippen molar-refractivity contribution in [1.82, 2.24) is 14.7 Å². The Morgan fingerprint density at radius 1 is 1.47 bits per heavy atom. The molecule has 4 nitrogen and oxygen atoms in total. The van der Waals surface area contributed by atoms with Gasteiger partial charge in [-0.2, -0.15) is 5.10 Å². The molecule has 1 aliphatic rings. The van der Waals surface area contributed by atoms with E-state index < -0.39 is 6.10 Å². The van der Waals surface area contributed by atoms with Crippen LogP contribution in [0.25, 0.3) is 0 Å². The number of likely N-dealkylation sites (N-methyl/N-ethyl adjacent to an activating group) is 1. The summed E-state index contributed by atoms with van der Waals surface area (Å²) in [6, 6.07) is 0. The van der Waals surface area contributed by atoms with E-state index >= 15 is 0 Å². The maximum atomic E-state index is 10.9. The Kier molecular flexibility index (Phi) is 4.31. The molecule has 19 heavy (non-hydrogen) atoms. The van der Waals surface area contributed by atoms with Crippen molar-refractivity contribution >= 4 is 0 Å². The number of aryl methyl sites for hydroxylation is 1. The van der Waals surface area contributed by atoms with Gasteiger partial charge in [0.25, 0.3) is 0 Å². The van der Waals surface area contributed by atoms with Crippen molar-refractivity contribution in [2.24, 2.45) is 5.92 Å². The summed E-state index contributed by atoms with van der Waals surface area (Å²) in [4.78, 5) is 2.22. The molecule has 1 heterocycles. The van der Waals surface area contributed by atoms with Gasteiger partial charge in [0.1, 0.15) is 6.10 Å². The highest BCUT2D eigenvalue weighted by molar-refractivity contribution is 5.16. The Morgan fingerprint density at radius 3 is 2.58 bits per heavy atom. The first-order valence-electron chi connectivity index (χ1n) is 7.37. The second-order valence-electron chi connectivity index (χ2n) is 6.21. The fourth-order valence-corrected chi connectivity index (χ4v) is 3.23. The van der Waals surface area contributed by atoms with Gasteiger partial charge in [-0.05, 0) is 52.6 Å². The first-order chi connectivity index (χ1) is 8.99. The molecule has 0 aromatic carbocycles. The van der Waals surface area contributed by atoms with Gasteiger partial charge in [-0.25, -0.2) is 0 Å². The van der Waals surface area contributed by atoms with E-state index in [0.29, 0.717) is 0 Å². The first-order valence-corrected chi connectivity index (χ1v) is 7.37. The summed E-state index contributed by atoms with van der Waals surface area (Å²) < 4.78 is 1.88.